The van der Waals surface area contributed by atoms with Gasteiger partial charge in [-0.05, 0) is 55.8 Å². The molecule has 2 aromatic rings. The maximum absolute atomic E-state index is 12.0. The molecule has 0 atom stereocenters. The molecule has 2 N–H and O–H groups in total. The highest BCUT2D eigenvalue weighted by Crippen LogP contribution is 2.13. The summed E-state index contributed by atoms with van der Waals surface area (Å²) in [6.07, 6.45) is 1.62. The van der Waals surface area contributed by atoms with E-state index in [1.807, 2.05) is 13.8 Å². The summed E-state index contributed by atoms with van der Waals surface area (Å²) in [6.45, 7) is 5.34. The Morgan fingerprint density at radius 2 is 1.68 bits per heavy atom. The molecule has 0 aliphatic heterocycles. The molecule has 2 rings (SSSR count). The molecule has 6 heteroatoms. The van der Waals surface area contributed by atoms with E-state index in [0.29, 0.717) is 17.0 Å². The van der Waals surface area contributed by atoms with Gasteiger partial charge in [0.15, 0.2) is 0 Å². The van der Waals surface area contributed by atoms with Crippen molar-refractivity contribution in [3.63, 3.8) is 0 Å². The molecular weight excluding hydrogens is 318 g/mol. The van der Waals surface area contributed by atoms with E-state index >= 15 is 0 Å². The first-order valence-electron chi connectivity index (χ1n) is 7.92. The number of hydrogen-bond donors (Lipinski definition) is 2. The Bertz CT molecular complexity index is 750. The van der Waals surface area contributed by atoms with Gasteiger partial charge in [-0.3, -0.25) is 9.59 Å². The lowest BCUT2D eigenvalue weighted by atomic mass is 10.2. The van der Waals surface area contributed by atoms with Crippen LogP contribution in [0.5, 0.6) is 5.75 Å². The number of ether oxygens (including phenoxy) is 1. The van der Waals surface area contributed by atoms with Crippen LogP contribution in [0.15, 0.2) is 53.6 Å². The van der Waals surface area contributed by atoms with Crippen LogP contribution in [0.2, 0.25) is 0 Å². The van der Waals surface area contributed by atoms with Gasteiger partial charge in [0, 0.05) is 18.2 Å². The standard InChI is InChI=1S/C19H21N3O3/c1-13(2)25-18-10-6-16(7-11-18)19(24)22-20-12-15-4-8-17(9-5-15)21-14(3)23/h4-13H,1-3H3,(H,21,23)(H,22,24)/b20-12-. The highest BCUT2D eigenvalue weighted by atomic mass is 16.5. The van der Waals surface area contributed by atoms with E-state index in [1.165, 1.54) is 13.1 Å². The van der Waals surface area contributed by atoms with Crippen molar-refractivity contribution in [2.45, 2.75) is 26.9 Å². The summed E-state index contributed by atoms with van der Waals surface area (Å²) < 4.78 is 5.53. The van der Waals surface area contributed by atoms with E-state index in [9.17, 15) is 9.59 Å². The largest absolute Gasteiger partial charge is 0.491 e. The molecule has 0 aliphatic rings. The monoisotopic (exact) mass is 339 g/mol. The molecule has 2 amide bonds. The Kier molecular flexibility index (Phi) is 6.28. The molecule has 0 aromatic heterocycles. The highest BCUT2D eigenvalue weighted by molar-refractivity contribution is 5.95. The maximum Gasteiger partial charge on any atom is 0.271 e. The van der Waals surface area contributed by atoms with E-state index in [0.717, 1.165) is 5.56 Å². The van der Waals surface area contributed by atoms with Gasteiger partial charge in [0.1, 0.15) is 5.75 Å². The van der Waals surface area contributed by atoms with Gasteiger partial charge in [0.2, 0.25) is 5.91 Å². The first-order valence-corrected chi connectivity index (χ1v) is 7.92. The van der Waals surface area contributed by atoms with Gasteiger partial charge >= 0.3 is 0 Å². The molecule has 0 aliphatic carbocycles. The zero-order valence-corrected chi connectivity index (χ0v) is 14.4. The number of anilines is 1. The summed E-state index contributed by atoms with van der Waals surface area (Å²) in [5.41, 5.74) is 4.48. The number of hydrogen-bond acceptors (Lipinski definition) is 4. The summed E-state index contributed by atoms with van der Waals surface area (Å²) in [6, 6.07) is 14.0. The molecule has 0 radical (unpaired) electrons. The normalized spacial score (nSPS) is 10.7. The van der Waals surface area contributed by atoms with Crippen molar-refractivity contribution >= 4 is 23.7 Å². The van der Waals surface area contributed by atoms with Gasteiger partial charge < -0.3 is 10.1 Å². The summed E-state index contributed by atoms with van der Waals surface area (Å²) in [7, 11) is 0. The quantitative estimate of drug-likeness (QED) is 0.626. The van der Waals surface area contributed by atoms with Crippen LogP contribution in [0, 0.1) is 0 Å². The Hall–Kier alpha value is -3.15. The minimum absolute atomic E-state index is 0.0845. The van der Waals surface area contributed by atoms with Crippen molar-refractivity contribution in [3.8, 4) is 5.75 Å². The molecule has 130 valence electrons. The van der Waals surface area contributed by atoms with Crippen LogP contribution in [-0.2, 0) is 4.79 Å². The second-order valence-corrected chi connectivity index (χ2v) is 5.69. The fraction of sp³-hybridized carbons (Fsp3) is 0.211. The first-order chi connectivity index (χ1) is 11.9. The minimum Gasteiger partial charge on any atom is -0.491 e. The molecule has 0 bridgehead atoms. The van der Waals surface area contributed by atoms with E-state index in [-0.39, 0.29) is 17.9 Å². The number of carbonyl (C=O) groups excluding carboxylic acids is 2. The first kappa shape index (κ1) is 18.2. The number of rotatable bonds is 6. The number of hydrazone groups is 1. The number of benzene rings is 2. The molecule has 0 saturated carbocycles. The Morgan fingerprint density at radius 1 is 1.04 bits per heavy atom. The summed E-state index contributed by atoms with van der Waals surface area (Å²) in [5, 5.41) is 6.62. The lowest BCUT2D eigenvalue weighted by Gasteiger charge is -2.09. The third-order valence-electron chi connectivity index (χ3n) is 3.10. The molecule has 0 saturated heterocycles. The van der Waals surface area contributed by atoms with Crippen LogP contribution in [0.1, 0.15) is 36.7 Å². The SMILES string of the molecule is CC(=O)Nc1ccc(/C=N\NC(=O)c2ccc(OC(C)C)cc2)cc1. The second-order valence-electron chi connectivity index (χ2n) is 5.69. The van der Waals surface area contributed by atoms with Crippen molar-refractivity contribution in [2.24, 2.45) is 5.10 Å². The Labute approximate surface area is 146 Å². The summed E-state index contributed by atoms with van der Waals surface area (Å²) in [5.74, 6) is 0.287. The van der Waals surface area contributed by atoms with Crippen LogP contribution < -0.4 is 15.5 Å². The lowest BCUT2D eigenvalue weighted by molar-refractivity contribution is -0.114. The summed E-state index contributed by atoms with van der Waals surface area (Å²) >= 11 is 0. The Morgan fingerprint density at radius 3 is 2.24 bits per heavy atom. The molecule has 25 heavy (non-hydrogen) atoms. The predicted octanol–water partition coefficient (Wildman–Crippen LogP) is 3.20. The van der Waals surface area contributed by atoms with Crippen LogP contribution in [-0.4, -0.2) is 24.1 Å². The van der Waals surface area contributed by atoms with Crippen molar-refractivity contribution in [2.75, 3.05) is 5.32 Å². The second kappa shape index (κ2) is 8.63. The van der Waals surface area contributed by atoms with Gasteiger partial charge in [-0.1, -0.05) is 12.1 Å². The average Bonchev–Trinajstić information content (AvgIpc) is 2.56. The molecule has 0 unspecified atom stereocenters. The fourth-order valence-electron chi connectivity index (χ4n) is 2.04. The van der Waals surface area contributed by atoms with Crippen molar-refractivity contribution in [1.29, 1.82) is 0 Å². The van der Waals surface area contributed by atoms with Crippen molar-refractivity contribution in [1.82, 2.24) is 5.43 Å². The van der Waals surface area contributed by atoms with Gasteiger partial charge in [0.05, 0.1) is 12.3 Å². The summed E-state index contributed by atoms with van der Waals surface area (Å²) in [4.78, 5) is 23.0. The third kappa shape index (κ3) is 6.10. The van der Waals surface area contributed by atoms with Crippen molar-refractivity contribution in [3.05, 3.63) is 59.7 Å². The number of nitrogens with one attached hydrogen (secondary N) is 2. The van der Waals surface area contributed by atoms with Crippen LogP contribution in [0.3, 0.4) is 0 Å². The van der Waals surface area contributed by atoms with E-state index in [2.05, 4.69) is 15.8 Å². The molecular formula is C19H21N3O3. The van der Waals surface area contributed by atoms with Crippen LogP contribution in [0.4, 0.5) is 5.69 Å². The van der Waals surface area contributed by atoms with Crippen LogP contribution >= 0.6 is 0 Å². The average molecular weight is 339 g/mol. The molecule has 0 spiro atoms. The van der Waals surface area contributed by atoms with Gasteiger partial charge in [-0.2, -0.15) is 5.10 Å². The zero-order valence-electron chi connectivity index (χ0n) is 14.4. The number of nitrogens with zero attached hydrogens (tertiary/aromatic N) is 1. The van der Waals surface area contributed by atoms with E-state index in [4.69, 9.17) is 4.74 Å². The molecule has 2 aromatic carbocycles. The van der Waals surface area contributed by atoms with Crippen molar-refractivity contribution < 1.29 is 14.3 Å². The molecule has 0 heterocycles. The maximum atomic E-state index is 12.0. The minimum atomic E-state index is -0.304. The predicted molar refractivity (Wildman–Crippen MR) is 98.0 cm³/mol. The third-order valence-corrected chi connectivity index (χ3v) is 3.10. The van der Waals surface area contributed by atoms with Crippen LogP contribution in [0.25, 0.3) is 0 Å². The Balaban J connectivity index is 1.90. The topological polar surface area (TPSA) is 79.8 Å². The van der Waals surface area contributed by atoms with E-state index < -0.39 is 0 Å². The van der Waals surface area contributed by atoms with Gasteiger partial charge in [-0.15, -0.1) is 0 Å². The zero-order chi connectivity index (χ0) is 18.2. The molecule has 0 fully saturated rings. The molecule has 6 nitrogen and oxygen atoms in total. The fourth-order valence-corrected chi connectivity index (χ4v) is 2.04. The number of carbonyl (C=O) groups is 2. The van der Waals surface area contributed by atoms with E-state index in [1.54, 1.807) is 48.5 Å². The van der Waals surface area contributed by atoms with Gasteiger partial charge in [0.25, 0.3) is 5.91 Å². The number of amides is 2. The lowest BCUT2D eigenvalue weighted by Crippen LogP contribution is -2.17. The smallest absolute Gasteiger partial charge is 0.271 e. The van der Waals surface area contributed by atoms with Gasteiger partial charge in [-0.25, -0.2) is 5.43 Å². The highest BCUT2D eigenvalue weighted by Gasteiger charge is 2.05.